The highest BCUT2D eigenvalue weighted by Crippen LogP contribution is 2.39. The number of thiazole rings is 1. The van der Waals surface area contributed by atoms with E-state index in [0.717, 1.165) is 18.8 Å². The van der Waals surface area contributed by atoms with E-state index >= 15 is 0 Å². The zero-order chi connectivity index (χ0) is 11.0. The van der Waals surface area contributed by atoms with Crippen LogP contribution in [0.25, 0.3) is 0 Å². The Bertz CT molecular complexity index is 349. The van der Waals surface area contributed by atoms with Crippen molar-refractivity contribution >= 4 is 11.3 Å². The van der Waals surface area contributed by atoms with E-state index < -0.39 is 0 Å². The average molecular weight is 236 g/mol. The Balaban J connectivity index is 1.67. The first-order valence-corrected chi connectivity index (χ1v) is 7.42. The molecule has 0 bridgehead atoms. The van der Waals surface area contributed by atoms with E-state index in [0.29, 0.717) is 12.0 Å². The number of rotatable bonds is 2. The minimum Gasteiger partial charge on any atom is -0.328 e. The normalized spacial score (nSPS) is 31.3. The smallest absolute Gasteiger partial charge is 0.0959 e. The van der Waals surface area contributed by atoms with Gasteiger partial charge in [-0.3, -0.25) is 0 Å². The minimum atomic E-state index is 0.435. The van der Waals surface area contributed by atoms with Crippen LogP contribution < -0.4 is 5.73 Å². The molecule has 1 aromatic rings. The largest absolute Gasteiger partial charge is 0.328 e. The molecule has 0 spiro atoms. The van der Waals surface area contributed by atoms with Gasteiger partial charge in [-0.15, -0.1) is 11.3 Å². The van der Waals surface area contributed by atoms with E-state index in [1.54, 1.807) is 0 Å². The molecular weight excluding hydrogens is 216 g/mol. The Hall–Kier alpha value is -0.410. The lowest BCUT2D eigenvalue weighted by Gasteiger charge is -2.31. The Morgan fingerprint density at radius 3 is 2.56 bits per heavy atom. The van der Waals surface area contributed by atoms with Crippen molar-refractivity contribution in [3.63, 3.8) is 0 Å². The van der Waals surface area contributed by atoms with E-state index in [4.69, 9.17) is 10.7 Å². The number of hydrogen-bond acceptors (Lipinski definition) is 3. The molecule has 88 valence electrons. The Kier molecular flexibility index (Phi) is 2.99. The SMILES string of the molecule is NC1CC(c2csc(C3CCCCC3)n2)C1. The Morgan fingerprint density at radius 2 is 1.88 bits per heavy atom. The molecule has 0 atom stereocenters. The molecule has 2 N–H and O–H groups in total. The average Bonchev–Trinajstić information content (AvgIpc) is 2.75. The number of nitrogens with two attached hydrogens (primary N) is 1. The highest BCUT2D eigenvalue weighted by Gasteiger charge is 2.30. The predicted octanol–water partition coefficient (Wildman–Crippen LogP) is 3.40. The third kappa shape index (κ3) is 2.03. The summed E-state index contributed by atoms with van der Waals surface area (Å²) in [4.78, 5) is 4.85. The standard InChI is InChI=1S/C13H20N2S/c14-11-6-10(7-11)12-8-16-13(15-12)9-4-2-1-3-5-9/h8-11H,1-7,14H2. The van der Waals surface area contributed by atoms with Gasteiger partial charge >= 0.3 is 0 Å². The summed E-state index contributed by atoms with van der Waals surface area (Å²) in [7, 11) is 0. The van der Waals surface area contributed by atoms with E-state index in [-0.39, 0.29) is 0 Å². The molecule has 2 fully saturated rings. The van der Waals surface area contributed by atoms with Gasteiger partial charge < -0.3 is 5.73 Å². The van der Waals surface area contributed by atoms with Crippen molar-refractivity contribution in [2.24, 2.45) is 5.73 Å². The Morgan fingerprint density at radius 1 is 1.12 bits per heavy atom. The zero-order valence-electron chi connectivity index (χ0n) is 9.69. The monoisotopic (exact) mass is 236 g/mol. The molecule has 0 radical (unpaired) electrons. The van der Waals surface area contributed by atoms with Gasteiger partial charge in [-0.05, 0) is 25.7 Å². The fourth-order valence-corrected chi connectivity index (χ4v) is 4.00. The lowest BCUT2D eigenvalue weighted by molar-refractivity contribution is 0.345. The van der Waals surface area contributed by atoms with Gasteiger partial charge in [-0.1, -0.05) is 19.3 Å². The number of nitrogens with zero attached hydrogens (tertiary/aromatic N) is 1. The van der Waals surface area contributed by atoms with Gasteiger partial charge in [-0.25, -0.2) is 4.98 Å². The maximum Gasteiger partial charge on any atom is 0.0959 e. The molecule has 0 amide bonds. The summed E-state index contributed by atoms with van der Waals surface area (Å²) >= 11 is 1.88. The van der Waals surface area contributed by atoms with E-state index in [9.17, 15) is 0 Å². The van der Waals surface area contributed by atoms with Gasteiger partial charge in [0.25, 0.3) is 0 Å². The molecule has 3 rings (SSSR count). The maximum absolute atomic E-state index is 5.83. The lowest BCUT2D eigenvalue weighted by Crippen LogP contribution is -2.34. The molecule has 16 heavy (non-hydrogen) atoms. The first kappa shape index (κ1) is 10.7. The van der Waals surface area contributed by atoms with Crippen molar-refractivity contribution in [1.82, 2.24) is 4.98 Å². The van der Waals surface area contributed by atoms with Crippen LogP contribution in [0.15, 0.2) is 5.38 Å². The van der Waals surface area contributed by atoms with Gasteiger partial charge in [0.1, 0.15) is 0 Å². The van der Waals surface area contributed by atoms with Crippen LogP contribution in [0.1, 0.15) is 67.5 Å². The number of aromatic nitrogens is 1. The third-order valence-corrected chi connectivity index (χ3v) is 5.11. The van der Waals surface area contributed by atoms with Crippen LogP contribution in [0.5, 0.6) is 0 Å². The fourth-order valence-electron chi connectivity index (χ4n) is 2.93. The van der Waals surface area contributed by atoms with Gasteiger partial charge in [0.15, 0.2) is 0 Å². The maximum atomic E-state index is 5.83. The quantitative estimate of drug-likeness (QED) is 0.854. The summed E-state index contributed by atoms with van der Waals surface area (Å²) in [5.74, 6) is 1.44. The van der Waals surface area contributed by atoms with E-state index in [2.05, 4.69) is 5.38 Å². The van der Waals surface area contributed by atoms with E-state index in [1.165, 1.54) is 42.8 Å². The van der Waals surface area contributed by atoms with Crippen LogP contribution in [0, 0.1) is 0 Å². The van der Waals surface area contributed by atoms with Crippen LogP contribution in [0.3, 0.4) is 0 Å². The van der Waals surface area contributed by atoms with Gasteiger partial charge in [-0.2, -0.15) is 0 Å². The summed E-state index contributed by atoms with van der Waals surface area (Å²) in [6, 6.07) is 0.435. The molecular formula is C13H20N2S. The zero-order valence-corrected chi connectivity index (χ0v) is 10.5. The highest BCUT2D eigenvalue weighted by atomic mass is 32.1. The third-order valence-electron chi connectivity index (χ3n) is 4.09. The fraction of sp³-hybridized carbons (Fsp3) is 0.769. The van der Waals surface area contributed by atoms with Crippen LogP contribution in [-0.4, -0.2) is 11.0 Å². The first-order valence-electron chi connectivity index (χ1n) is 6.54. The first-order chi connectivity index (χ1) is 7.83. The summed E-state index contributed by atoms with van der Waals surface area (Å²) in [5.41, 5.74) is 7.16. The molecule has 2 nitrogen and oxygen atoms in total. The van der Waals surface area contributed by atoms with Crippen LogP contribution in [0.4, 0.5) is 0 Å². The van der Waals surface area contributed by atoms with Gasteiger partial charge in [0, 0.05) is 23.3 Å². The predicted molar refractivity (Wildman–Crippen MR) is 67.9 cm³/mol. The van der Waals surface area contributed by atoms with Gasteiger partial charge in [0.05, 0.1) is 10.7 Å². The van der Waals surface area contributed by atoms with E-state index in [1.807, 2.05) is 11.3 Å². The van der Waals surface area contributed by atoms with Crippen molar-refractivity contribution < 1.29 is 0 Å². The lowest BCUT2D eigenvalue weighted by atomic mass is 9.79. The molecule has 2 aliphatic rings. The molecule has 1 aromatic heterocycles. The van der Waals surface area contributed by atoms with Crippen molar-refractivity contribution in [3.05, 3.63) is 16.1 Å². The second kappa shape index (κ2) is 4.46. The van der Waals surface area contributed by atoms with Crippen molar-refractivity contribution in [2.75, 3.05) is 0 Å². The molecule has 0 aromatic carbocycles. The van der Waals surface area contributed by atoms with Crippen LogP contribution in [0.2, 0.25) is 0 Å². The molecule has 0 unspecified atom stereocenters. The summed E-state index contributed by atoms with van der Waals surface area (Å²) < 4.78 is 0. The van der Waals surface area contributed by atoms with Crippen molar-refractivity contribution in [1.29, 1.82) is 0 Å². The van der Waals surface area contributed by atoms with Crippen LogP contribution >= 0.6 is 11.3 Å². The molecule has 0 saturated heterocycles. The highest BCUT2D eigenvalue weighted by molar-refractivity contribution is 7.09. The van der Waals surface area contributed by atoms with Crippen LogP contribution in [-0.2, 0) is 0 Å². The second-order valence-electron chi connectivity index (χ2n) is 5.37. The second-order valence-corrected chi connectivity index (χ2v) is 6.26. The Labute approximate surface area is 101 Å². The summed E-state index contributed by atoms with van der Waals surface area (Å²) in [6.45, 7) is 0. The molecule has 3 heteroatoms. The molecule has 2 aliphatic carbocycles. The van der Waals surface area contributed by atoms with Crippen molar-refractivity contribution in [2.45, 2.75) is 62.8 Å². The molecule has 2 saturated carbocycles. The van der Waals surface area contributed by atoms with Crippen molar-refractivity contribution in [3.8, 4) is 0 Å². The number of hydrogen-bond donors (Lipinski definition) is 1. The minimum absolute atomic E-state index is 0.435. The summed E-state index contributed by atoms with van der Waals surface area (Å²) in [5, 5.41) is 3.68. The summed E-state index contributed by atoms with van der Waals surface area (Å²) in [6.07, 6.45) is 9.23. The topological polar surface area (TPSA) is 38.9 Å². The molecule has 0 aliphatic heterocycles. The van der Waals surface area contributed by atoms with Gasteiger partial charge in [0.2, 0.25) is 0 Å². The molecule has 1 heterocycles.